The lowest BCUT2D eigenvalue weighted by atomic mass is 10.1. The first kappa shape index (κ1) is 9.21. The van der Waals surface area contributed by atoms with Crippen LogP contribution < -0.4 is 10.6 Å². The molecule has 1 heterocycles. The predicted molar refractivity (Wildman–Crippen MR) is 42.2 cm³/mol. The first-order chi connectivity index (χ1) is 3.93. The van der Waals surface area contributed by atoms with Crippen LogP contribution in [-0.2, 0) is 0 Å². The third kappa shape index (κ3) is 3.04. The summed E-state index contributed by atoms with van der Waals surface area (Å²) in [6.45, 7) is 2.37. The number of nitrogens with one attached hydrogen (secondary N) is 2. The molecular weight excluding hydrogens is 136 g/mol. The van der Waals surface area contributed by atoms with Gasteiger partial charge in [-0.1, -0.05) is 0 Å². The molecule has 1 saturated heterocycles. The van der Waals surface area contributed by atoms with Crippen LogP contribution in [0, 0.1) is 0 Å². The minimum absolute atomic E-state index is 0. The van der Waals surface area contributed by atoms with E-state index in [1.54, 1.807) is 0 Å². The van der Waals surface area contributed by atoms with E-state index in [4.69, 9.17) is 0 Å². The summed E-state index contributed by atoms with van der Waals surface area (Å²) in [5.41, 5.74) is 0. The fourth-order valence-corrected chi connectivity index (χ4v) is 1.11. The van der Waals surface area contributed by atoms with E-state index in [0.717, 1.165) is 6.04 Å². The highest BCUT2D eigenvalue weighted by atomic mass is 35.5. The van der Waals surface area contributed by atoms with E-state index in [-0.39, 0.29) is 12.4 Å². The molecule has 1 rings (SSSR count). The Morgan fingerprint density at radius 1 is 1.33 bits per heavy atom. The second-order valence-corrected chi connectivity index (χ2v) is 2.31. The largest absolute Gasteiger partial charge is 0.317 e. The zero-order chi connectivity index (χ0) is 5.82. The molecule has 9 heavy (non-hydrogen) atoms. The fourth-order valence-electron chi connectivity index (χ4n) is 1.11. The SMILES string of the molecule is CNC1CCNCC1.Cl. The first-order valence-corrected chi connectivity index (χ1v) is 3.31. The minimum atomic E-state index is 0. The molecule has 1 aliphatic heterocycles. The average Bonchev–Trinajstić information content (AvgIpc) is 1.90. The van der Waals surface area contributed by atoms with Gasteiger partial charge in [-0.15, -0.1) is 12.4 Å². The quantitative estimate of drug-likeness (QED) is 0.565. The van der Waals surface area contributed by atoms with Gasteiger partial charge in [-0.25, -0.2) is 0 Å². The summed E-state index contributed by atoms with van der Waals surface area (Å²) >= 11 is 0. The monoisotopic (exact) mass is 150 g/mol. The molecule has 0 bridgehead atoms. The molecule has 3 heteroatoms. The van der Waals surface area contributed by atoms with Gasteiger partial charge < -0.3 is 10.6 Å². The van der Waals surface area contributed by atoms with Crippen LogP contribution in [0.25, 0.3) is 0 Å². The molecule has 1 fully saturated rings. The van der Waals surface area contributed by atoms with Crippen LogP contribution in [0.1, 0.15) is 12.8 Å². The standard InChI is InChI=1S/C6H14N2.ClH/c1-7-6-2-4-8-5-3-6;/h6-8H,2-5H2,1H3;1H. The van der Waals surface area contributed by atoms with Crippen molar-refractivity contribution in [1.29, 1.82) is 0 Å². The van der Waals surface area contributed by atoms with E-state index in [1.807, 2.05) is 7.05 Å². The molecule has 0 radical (unpaired) electrons. The maximum absolute atomic E-state index is 3.31. The molecule has 0 aromatic carbocycles. The number of piperidine rings is 1. The zero-order valence-corrected chi connectivity index (χ0v) is 6.63. The summed E-state index contributed by atoms with van der Waals surface area (Å²) in [5, 5.41) is 6.57. The van der Waals surface area contributed by atoms with Crippen molar-refractivity contribution in [2.45, 2.75) is 18.9 Å². The van der Waals surface area contributed by atoms with Crippen molar-refractivity contribution in [3.05, 3.63) is 0 Å². The topological polar surface area (TPSA) is 24.1 Å². The fraction of sp³-hybridized carbons (Fsp3) is 1.00. The number of rotatable bonds is 1. The Kier molecular flexibility index (Phi) is 5.15. The van der Waals surface area contributed by atoms with Gasteiger partial charge in [0.25, 0.3) is 0 Å². The summed E-state index contributed by atoms with van der Waals surface area (Å²) in [6, 6.07) is 0.774. The Hall–Kier alpha value is 0.210. The van der Waals surface area contributed by atoms with Gasteiger partial charge in [0.1, 0.15) is 0 Å². The molecule has 0 saturated carbocycles. The highest BCUT2D eigenvalue weighted by Crippen LogP contribution is 1.99. The van der Waals surface area contributed by atoms with Crippen molar-refractivity contribution in [3.8, 4) is 0 Å². The molecule has 0 aromatic heterocycles. The molecule has 56 valence electrons. The van der Waals surface area contributed by atoms with Crippen molar-refractivity contribution in [1.82, 2.24) is 10.6 Å². The summed E-state index contributed by atoms with van der Waals surface area (Å²) in [4.78, 5) is 0. The third-order valence-corrected chi connectivity index (χ3v) is 1.75. The van der Waals surface area contributed by atoms with Gasteiger partial charge in [0.05, 0.1) is 0 Å². The average molecular weight is 151 g/mol. The molecule has 0 spiro atoms. The highest BCUT2D eigenvalue weighted by molar-refractivity contribution is 5.85. The van der Waals surface area contributed by atoms with Crippen molar-refractivity contribution in [2.75, 3.05) is 20.1 Å². The molecule has 0 aliphatic carbocycles. The molecule has 0 aromatic rings. The van der Waals surface area contributed by atoms with Crippen LogP contribution >= 0.6 is 12.4 Å². The van der Waals surface area contributed by atoms with E-state index in [0.29, 0.717) is 0 Å². The van der Waals surface area contributed by atoms with E-state index in [9.17, 15) is 0 Å². The Labute approximate surface area is 62.8 Å². The molecule has 0 atom stereocenters. The molecule has 0 amide bonds. The molecule has 0 unspecified atom stereocenters. The summed E-state index contributed by atoms with van der Waals surface area (Å²) in [7, 11) is 2.04. The Morgan fingerprint density at radius 3 is 2.22 bits per heavy atom. The minimum Gasteiger partial charge on any atom is -0.317 e. The number of hydrogen-bond acceptors (Lipinski definition) is 2. The van der Waals surface area contributed by atoms with Crippen LogP contribution in [0.5, 0.6) is 0 Å². The smallest absolute Gasteiger partial charge is 0.00882 e. The maximum Gasteiger partial charge on any atom is 0.00882 e. The third-order valence-electron chi connectivity index (χ3n) is 1.75. The molecule has 2 nitrogen and oxygen atoms in total. The number of hydrogen-bond donors (Lipinski definition) is 2. The zero-order valence-electron chi connectivity index (χ0n) is 5.81. The normalized spacial score (nSPS) is 21.0. The lowest BCUT2D eigenvalue weighted by Crippen LogP contribution is -2.37. The van der Waals surface area contributed by atoms with Crippen molar-refractivity contribution in [3.63, 3.8) is 0 Å². The van der Waals surface area contributed by atoms with Crippen molar-refractivity contribution >= 4 is 12.4 Å². The van der Waals surface area contributed by atoms with Crippen LogP contribution in [-0.4, -0.2) is 26.2 Å². The Morgan fingerprint density at radius 2 is 1.89 bits per heavy atom. The lowest BCUT2D eigenvalue weighted by Gasteiger charge is -2.21. The molecule has 2 N–H and O–H groups in total. The van der Waals surface area contributed by atoms with E-state index in [1.165, 1.54) is 25.9 Å². The van der Waals surface area contributed by atoms with Crippen molar-refractivity contribution in [2.24, 2.45) is 0 Å². The second-order valence-electron chi connectivity index (χ2n) is 2.31. The maximum atomic E-state index is 3.31. The highest BCUT2D eigenvalue weighted by Gasteiger charge is 2.08. The van der Waals surface area contributed by atoms with Crippen LogP contribution in [0.3, 0.4) is 0 Å². The van der Waals surface area contributed by atoms with Gasteiger partial charge in [0.2, 0.25) is 0 Å². The first-order valence-electron chi connectivity index (χ1n) is 3.31. The van der Waals surface area contributed by atoms with Gasteiger partial charge in [-0.2, -0.15) is 0 Å². The predicted octanol–water partition coefficient (Wildman–Crippen LogP) is 0.380. The van der Waals surface area contributed by atoms with Gasteiger partial charge in [-0.3, -0.25) is 0 Å². The summed E-state index contributed by atoms with van der Waals surface area (Å²) in [6.07, 6.45) is 2.58. The van der Waals surface area contributed by atoms with Gasteiger partial charge in [0.15, 0.2) is 0 Å². The van der Waals surface area contributed by atoms with E-state index >= 15 is 0 Å². The number of halogens is 1. The Bertz CT molecular complexity index is 62.1. The van der Waals surface area contributed by atoms with E-state index < -0.39 is 0 Å². The summed E-state index contributed by atoms with van der Waals surface area (Å²) < 4.78 is 0. The van der Waals surface area contributed by atoms with Crippen LogP contribution in [0.2, 0.25) is 0 Å². The second kappa shape index (κ2) is 5.03. The van der Waals surface area contributed by atoms with Gasteiger partial charge in [0, 0.05) is 6.04 Å². The lowest BCUT2D eigenvalue weighted by molar-refractivity contribution is 0.409. The van der Waals surface area contributed by atoms with E-state index in [2.05, 4.69) is 10.6 Å². The summed E-state index contributed by atoms with van der Waals surface area (Å²) in [5.74, 6) is 0. The van der Waals surface area contributed by atoms with Crippen LogP contribution in [0.4, 0.5) is 0 Å². The van der Waals surface area contributed by atoms with Crippen molar-refractivity contribution < 1.29 is 0 Å². The Balaban J connectivity index is 0.000000640. The molecular formula is C6H15ClN2. The van der Waals surface area contributed by atoms with Gasteiger partial charge >= 0.3 is 0 Å². The molecule has 1 aliphatic rings. The van der Waals surface area contributed by atoms with Crippen LogP contribution in [0.15, 0.2) is 0 Å². The van der Waals surface area contributed by atoms with Gasteiger partial charge in [-0.05, 0) is 33.0 Å².